The van der Waals surface area contributed by atoms with Gasteiger partial charge in [-0.1, -0.05) is 12.1 Å². The van der Waals surface area contributed by atoms with Crippen LogP contribution in [-0.4, -0.2) is 10.3 Å². The number of aryl methyl sites for hydroxylation is 1. The van der Waals surface area contributed by atoms with Crippen molar-refractivity contribution in [3.8, 4) is 0 Å². The predicted molar refractivity (Wildman–Crippen MR) is 79.1 cm³/mol. The summed E-state index contributed by atoms with van der Waals surface area (Å²) >= 11 is 0. The lowest BCUT2D eigenvalue weighted by molar-refractivity contribution is -0.469. The number of benzene rings is 1. The second-order valence-electron chi connectivity index (χ2n) is 5.01. The van der Waals surface area contributed by atoms with E-state index in [0.29, 0.717) is 0 Å². The lowest BCUT2D eigenvalue weighted by atomic mass is 9.93. The normalized spacial score (nSPS) is 15.7. The van der Waals surface area contributed by atoms with Gasteiger partial charge in [0.25, 0.3) is 0 Å². The van der Waals surface area contributed by atoms with Crippen LogP contribution in [0.1, 0.15) is 49.9 Å². The first-order valence-corrected chi connectivity index (χ1v) is 6.58. The molecule has 0 spiro atoms. The third-order valence-corrected chi connectivity index (χ3v) is 3.68. The molecule has 1 aromatic carbocycles. The van der Waals surface area contributed by atoms with Crippen molar-refractivity contribution >= 4 is 11.3 Å². The summed E-state index contributed by atoms with van der Waals surface area (Å²) in [6.07, 6.45) is 6.46. The fourth-order valence-corrected chi connectivity index (χ4v) is 2.67. The molecule has 0 atom stereocenters. The smallest absolute Gasteiger partial charge is 0.186 e. The third kappa shape index (κ3) is 2.05. The monoisotopic (exact) mass is 240 g/mol. The van der Waals surface area contributed by atoms with Crippen LogP contribution < -0.4 is 0 Å². The molecule has 0 aromatic heterocycles. The molecule has 0 unspecified atom stereocenters. The van der Waals surface area contributed by atoms with Gasteiger partial charge in [0.2, 0.25) is 0 Å². The summed E-state index contributed by atoms with van der Waals surface area (Å²) in [4.78, 5) is 0. The minimum absolute atomic E-state index is 0.997. The maximum absolute atomic E-state index is 2.33. The van der Waals surface area contributed by atoms with Crippen molar-refractivity contribution in [2.75, 3.05) is 0 Å². The van der Waals surface area contributed by atoms with Crippen LogP contribution in [0.15, 0.2) is 30.5 Å². The average Bonchev–Trinajstić information content (AvgIpc) is 2.65. The molecule has 2 rings (SSSR count). The molecule has 0 amide bonds. The Labute approximate surface area is 110 Å². The van der Waals surface area contributed by atoms with Crippen LogP contribution in [0.3, 0.4) is 0 Å². The molecule has 1 aliphatic heterocycles. The number of hydrogen-bond donors (Lipinski definition) is 0. The second-order valence-corrected chi connectivity index (χ2v) is 5.01. The predicted octanol–water partition coefficient (Wildman–Crippen LogP) is 4.29. The Morgan fingerprint density at radius 3 is 2.56 bits per heavy atom. The molecule has 0 bridgehead atoms. The van der Waals surface area contributed by atoms with Crippen molar-refractivity contribution in [3.63, 3.8) is 0 Å². The van der Waals surface area contributed by atoms with Gasteiger partial charge in [-0.15, -0.1) is 0 Å². The quantitative estimate of drug-likeness (QED) is 0.678. The minimum atomic E-state index is 0.997. The number of fused-ring (bicyclic) bond motifs is 1. The van der Waals surface area contributed by atoms with Crippen LogP contribution in [0.2, 0.25) is 0 Å². The van der Waals surface area contributed by atoms with Gasteiger partial charge in [0.15, 0.2) is 18.5 Å². The lowest BCUT2D eigenvalue weighted by Gasteiger charge is -2.08. The van der Waals surface area contributed by atoms with Crippen molar-refractivity contribution in [3.05, 3.63) is 52.7 Å². The summed E-state index contributed by atoms with van der Waals surface area (Å²) in [7, 11) is 0. The summed E-state index contributed by atoms with van der Waals surface area (Å²) in [6, 6.07) is 4.62. The van der Waals surface area contributed by atoms with E-state index in [1.54, 1.807) is 0 Å². The van der Waals surface area contributed by atoms with E-state index in [1.165, 1.54) is 33.5 Å². The maximum atomic E-state index is 2.33. The Morgan fingerprint density at radius 2 is 1.94 bits per heavy atom. The molecule has 1 aliphatic rings. The van der Waals surface area contributed by atoms with E-state index in [4.69, 9.17) is 0 Å². The second kappa shape index (κ2) is 4.93. The zero-order valence-corrected chi connectivity index (χ0v) is 12.0. The van der Waals surface area contributed by atoms with E-state index in [2.05, 4.69) is 69.7 Å². The van der Waals surface area contributed by atoms with E-state index in [0.717, 1.165) is 6.54 Å². The molecule has 0 N–H and O–H groups in total. The van der Waals surface area contributed by atoms with Crippen LogP contribution in [0.4, 0.5) is 0 Å². The lowest BCUT2D eigenvalue weighted by Crippen LogP contribution is -2.06. The highest BCUT2D eigenvalue weighted by atomic mass is 15.0. The molecule has 0 fully saturated rings. The van der Waals surface area contributed by atoms with Gasteiger partial charge >= 0.3 is 0 Å². The van der Waals surface area contributed by atoms with Crippen LogP contribution >= 0.6 is 0 Å². The molecule has 1 aromatic rings. The number of nitrogens with zero attached hydrogens (tertiary/aromatic N) is 1. The van der Waals surface area contributed by atoms with Crippen molar-refractivity contribution < 1.29 is 4.58 Å². The van der Waals surface area contributed by atoms with Gasteiger partial charge in [0, 0.05) is 12.5 Å². The zero-order valence-electron chi connectivity index (χ0n) is 12.0. The molecule has 94 valence electrons. The average molecular weight is 240 g/mol. The molecule has 1 heterocycles. The van der Waals surface area contributed by atoms with Crippen molar-refractivity contribution in [1.29, 1.82) is 0 Å². The highest BCUT2D eigenvalue weighted by Crippen LogP contribution is 2.29. The van der Waals surface area contributed by atoms with Gasteiger partial charge in [0.1, 0.15) is 0 Å². The Hall–Kier alpha value is -1.63. The summed E-state index contributed by atoms with van der Waals surface area (Å²) in [5.41, 5.74) is 8.32. The topological polar surface area (TPSA) is 3.01 Å². The van der Waals surface area contributed by atoms with E-state index >= 15 is 0 Å². The Balaban J connectivity index is 2.67. The first kappa shape index (κ1) is 12.8. The standard InChI is InChI=1S/C17H22N/c1-6-8-18-11-15-9-12(3)10-16(13(4)7-2)17(15)14(18)5/h6-10H,11H2,1-5H3/q+1/b8-6-,13-7+. The van der Waals surface area contributed by atoms with Gasteiger partial charge in [-0.2, -0.15) is 4.58 Å². The summed E-state index contributed by atoms with van der Waals surface area (Å²) in [5, 5.41) is 0. The number of hydrogen-bond acceptors (Lipinski definition) is 0. The highest BCUT2D eigenvalue weighted by Gasteiger charge is 2.27. The SMILES string of the molecule is C/C=C\[N+]1=C(C)c2c(cc(C)cc2/C(C)=C/C)C1. The van der Waals surface area contributed by atoms with Gasteiger partial charge in [-0.3, -0.25) is 0 Å². The summed E-state index contributed by atoms with van der Waals surface area (Å²) in [6.45, 7) is 11.8. The molecular formula is C17H22N+. The van der Waals surface area contributed by atoms with Crippen LogP contribution in [0, 0.1) is 6.92 Å². The largest absolute Gasteiger partial charge is 0.198 e. The van der Waals surface area contributed by atoms with E-state index < -0.39 is 0 Å². The molecular weight excluding hydrogens is 218 g/mol. The van der Waals surface area contributed by atoms with Crippen LogP contribution in [-0.2, 0) is 6.54 Å². The van der Waals surface area contributed by atoms with Gasteiger partial charge in [0.05, 0.1) is 5.56 Å². The highest BCUT2D eigenvalue weighted by molar-refractivity contribution is 6.02. The summed E-state index contributed by atoms with van der Waals surface area (Å²) < 4.78 is 2.33. The van der Waals surface area contributed by atoms with Gasteiger partial charge in [-0.25, -0.2) is 0 Å². The molecule has 18 heavy (non-hydrogen) atoms. The number of allylic oxidation sites excluding steroid dienone is 3. The van der Waals surface area contributed by atoms with Crippen molar-refractivity contribution in [2.45, 2.75) is 41.2 Å². The summed E-state index contributed by atoms with van der Waals surface area (Å²) in [5.74, 6) is 0. The fraction of sp³-hybridized carbons (Fsp3) is 0.353. The Bertz CT molecular complexity index is 572. The molecule has 0 aliphatic carbocycles. The third-order valence-electron chi connectivity index (χ3n) is 3.68. The van der Waals surface area contributed by atoms with Gasteiger partial charge in [-0.05, 0) is 56.5 Å². The van der Waals surface area contributed by atoms with Gasteiger partial charge < -0.3 is 0 Å². The molecule has 1 heteroatoms. The van der Waals surface area contributed by atoms with Crippen molar-refractivity contribution in [2.24, 2.45) is 0 Å². The fourth-order valence-electron chi connectivity index (χ4n) is 2.67. The first-order valence-electron chi connectivity index (χ1n) is 6.58. The number of rotatable bonds is 2. The van der Waals surface area contributed by atoms with E-state index in [1.807, 2.05) is 0 Å². The van der Waals surface area contributed by atoms with Crippen LogP contribution in [0.5, 0.6) is 0 Å². The molecule has 0 saturated heterocycles. The van der Waals surface area contributed by atoms with Crippen molar-refractivity contribution in [1.82, 2.24) is 0 Å². The minimum Gasteiger partial charge on any atom is -0.198 e. The van der Waals surface area contributed by atoms with E-state index in [-0.39, 0.29) is 0 Å². The van der Waals surface area contributed by atoms with E-state index in [9.17, 15) is 0 Å². The Kier molecular flexibility index (Phi) is 3.51. The first-order chi connectivity index (χ1) is 8.58. The Morgan fingerprint density at radius 1 is 1.22 bits per heavy atom. The maximum Gasteiger partial charge on any atom is 0.186 e. The zero-order chi connectivity index (χ0) is 13.3. The van der Waals surface area contributed by atoms with Crippen LogP contribution in [0.25, 0.3) is 5.57 Å². The molecule has 0 radical (unpaired) electrons. The molecule has 0 saturated carbocycles. The molecule has 1 nitrogen and oxygen atoms in total.